The van der Waals surface area contributed by atoms with E-state index >= 15 is 0 Å². The topological polar surface area (TPSA) is 83.8 Å². The molecule has 7 heteroatoms. The number of methoxy groups -OCH3 is 1. The lowest BCUT2D eigenvalue weighted by molar-refractivity contribution is -0.145. The number of alkyl halides is 2. The molecule has 0 spiro atoms. The Hall–Kier alpha value is -2.02. The van der Waals surface area contributed by atoms with Crippen molar-refractivity contribution in [1.82, 2.24) is 0 Å². The van der Waals surface area contributed by atoms with Gasteiger partial charge in [-0.1, -0.05) is 31.2 Å². The fraction of sp³-hybridized carbons (Fsp3) is 0.556. The quantitative estimate of drug-likeness (QED) is 0.663. The second kappa shape index (κ2) is 8.38. The summed E-state index contributed by atoms with van der Waals surface area (Å²) in [4.78, 5) is 23.3. The van der Waals surface area contributed by atoms with Crippen LogP contribution in [0.2, 0.25) is 0 Å². The van der Waals surface area contributed by atoms with Gasteiger partial charge in [-0.05, 0) is 30.9 Å². The van der Waals surface area contributed by atoms with E-state index in [9.17, 15) is 23.5 Å². The Bertz CT molecular complexity index is 617. The van der Waals surface area contributed by atoms with Gasteiger partial charge < -0.3 is 14.9 Å². The van der Waals surface area contributed by atoms with E-state index in [0.717, 1.165) is 5.56 Å². The molecule has 1 aromatic carbocycles. The van der Waals surface area contributed by atoms with Crippen molar-refractivity contribution in [2.45, 2.75) is 44.4 Å². The maximum atomic E-state index is 13.3. The average molecular weight is 358 g/mol. The number of carbonyl (C=O) groups excluding carboxylic acids is 1. The van der Waals surface area contributed by atoms with Crippen LogP contribution in [-0.4, -0.2) is 41.8 Å². The zero-order chi connectivity index (χ0) is 19.3. The van der Waals surface area contributed by atoms with Crippen molar-refractivity contribution in [2.75, 3.05) is 13.7 Å². The summed E-state index contributed by atoms with van der Waals surface area (Å²) in [6.45, 7) is 1.75. The average Bonchev–Trinajstić information content (AvgIpc) is 2.58. The Morgan fingerprint density at radius 3 is 2.44 bits per heavy atom. The predicted molar refractivity (Wildman–Crippen MR) is 87.6 cm³/mol. The summed E-state index contributed by atoms with van der Waals surface area (Å²) < 4.78 is 31.4. The van der Waals surface area contributed by atoms with Crippen LogP contribution in [0.4, 0.5) is 8.78 Å². The van der Waals surface area contributed by atoms with Crippen LogP contribution < -0.4 is 0 Å². The smallest absolute Gasteiger partial charge is 0.313 e. The summed E-state index contributed by atoms with van der Waals surface area (Å²) in [6, 6.07) is 6.57. The largest absolute Gasteiger partial charge is 0.481 e. The van der Waals surface area contributed by atoms with Crippen molar-refractivity contribution in [3.63, 3.8) is 0 Å². The molecule has 1 aromatic rings. The minimum absolute atomic E-state index is 0.327. The predicted octanol–water partition coefficient (Wildman–Crippen LogP) is 2.79. The van der Waals surface area contributed by atoms with Gasteiger partial charge in [-0.2, -0.15) is 0 Å². The first-order valence-corrected chi connectivity index (χ1v) is 7.95. The first-order valence-electron chi connectivity index (χ1n) is 7.95. The number of hydrogen-bond donors (Lipinski definition) is 2. The van der Waals surface area contributed by atoms with E-state index in [1.165, 1.54) is 14.0 Å². The lowest BCUT2D eigenvalue weighted by Crippen LogP contribution is -2.35. The number of hydrogen-bond acceptors (Lipinski definition) is 4. The molecule has 0 heterocycles. The molecule has 25 heavy (non-hydrogen) atoms. The summed E-state index contributed by atoms with van der Waals surface area (Å²) in [5.74, 6) is -5.34. The molecule has 140 valence electrons. The summed E-state index contributed by atoms with van der Waals surface area (Å²) >= 11 is 0. The molecule has 1 unspecified atom stereocenters. The summed E-state index contributed by atoms with van der Waals surface area (Å²) in [6.07, 6.45) is -0.718. The second-order valence-electron chi connectivity index (χ2n) is 6.48. The van der Waals surface area contributed by atoms with Crippen LogP contribution >= 0.6 is 0 Å². The number of rotatable bonds is 9. The highest BCUT2D eigenvalue weighted by Gasteiger charge is 2.39. The fourth-order valence-corrected chi connectivity index (χ4v) is 2.57. The van der Waals surface area contributed by atoms with E-state index in [1.54, 1.807) is 31.2 Å². The van der Waals surface area contributed by atoms with E-state index < -0.39 is 36.3 Å². The normalized spacial score (nSPS) is 15.3. The molecular formula is C18H24F2O5. The van der Waals surface area contributed by atoms with Crippen LogP contribution in [0, 0.1) is 5.92 Å². The zero-order valence-corrected chi connectivity index (χ0v) is 14.6. The van der Waals surface area contributed by atoms with Gasteiger partial charge in [0.2, 0.25) is 0 Å². The van der Waals surface area contributed by atoms with E-state index in [1.807, 2.05) is 0 Å². The van der Waals surface area contributed by atoms with Crippen LogP contribution in [0.15, 0.2) is 24.3 Å². The highest BCUT2D eigenvalue weighted by atomic mass is 19.3. The van der Waals surface area contributed by atoms with Gasteiger partial charge in [0.05, 0.1) is 18.4 Å². The molecule has 0 saturated carbocycles. The van der Waals surface area contributed by atoms with Crippen LogP contribution in [0.3, 0.4) is 0 Å². The molecule has 0 fully saturated rings. The molecule has 2 N–H and O–H groups in total. The lowest BCUT2D eigenvalue weighted by atomic mass is 9.77. The zero-order valence-electron chi connectivity index (χ0n) is 14.6. The van der Waals surface area contributed by atoms with Gasteiger partial charge in [-0.15, -0.1) is 0 Å². The Morgan fingerprint density at radius 1 is 1.28 bits per heavy atom. The van der Waals surface area contributed by atoms with Crippen molar-refractivity contribution in [2.24, 2.45) is 5.92 Å². The standard InChI is InChI=1S/C18H24F2O5/c1-12(15(22)25-3)9-13-5-4-6-14(10-13)17(2,16(23)24)7-8-18(19,20)11-21/h4-6,10,12,21H,7-9,11H2,1-3H3,(H,23,24)/t12-,17?/m1/s1. The van der Waals surface area contributed by atoms with Crippen molar-refractivity contribution in [3.05, 3.63) is 35.4 Å². The van der Waals surface area contributed by atoms with Gasteiger partial charge >= 0.3 is 11.9 Å². The molecule has 0 saturated heterocycles. The maximum absolute atomic E-state index is 13.3. The highest BCUT2D eigenvalue weighted by Crippen LogP contribution is 2.34. The van der Waals surface area contributed by atoms with Crippen molar-refractivity contribution in [3.8, 4) is 0 Å². The van der Waals surface area contributed by atoms with Gasteiger partial charge in [-0.25, -0.2) is 8.78 Å². The molecule has 0 aliphatic heterocycles. The molecule has 0 aliphatic rings. The SMILES string of the molecule is COC(=O)[C@H](C)Cc1cccc(C(C)(CCC(F)(F)CO)C(=O)O)c1. The Morgan fingerprint density at radius 2 is 1.92 bits per heavy atom. The van der Waals surface area contributed by atoms with Crippen molar-refractivity contribution in [1.29, 1.82) is 0 Å². The van der Waals surface area contributed by atoms with Crippen molar-refractivity contribution < 1.29 is 33.3 Å². The molecule has 0 aliphatic carbocycles. The van der Waals surface area contributed by atoms with Crippen LogP contribution in [0.1, 0.15) is 37.8 Å². The first-order chi connectivity index (χ1) is 11.6. The van der Waals surface area contributed by atoms with E-state index in [4.69, 9.17) is 5.11 Å². The van der Waals surface area contributed by atoms with Gasteiger partial charge in [-0.3, -0.25) is 9.59 Å². The molecule has 1 rings (SSSR count). The highest BCUT2D eigenvalue weighted by molar-refractivity contribution is 5.81. The van der Waals surface area contributed by atoms with Crippen LogP contribution in [0.25, 0.3) is 0 Å². The lowest BCUT2D eigenvalue weighted by Gasteiger charge is -2.27. The fourth-order valence-electron chi connectivity index (χ4n) is 2.57. The monoisotopic (exact) mass is 358 g/mol. The number of benzene rings is 1. The Kier molecular flexibility index (Phi) is 7.05. The Balaban J connectivity index is 3.06. The summed E-state index contributed by atoms with van der Waals surface area (Å²) in [5, 5.41) is 18.3. The van der Waals surface area contributed by atoms with E-state index in [2.05, 4.69) is 4.74 Å². The second-order valence-corrected chi connectivity index (χ2v) is 6.48. The van der Waals surface area contributed by atoms with Crippen LogP contribution in [-0.2, 0) is 26.2 Å². The molecule has 0 radical (unpaired) electrons. The molecular weight excluding hydrogens is 334 g/mol. The minimum atomic E-state index is -3.33. The number of carboxylic acids is 1. The summed E-state index contributed by atoms with van der Waals surface area (Å²) in [5.41, 5.74) is -0.427. The number of esters is 1. The number of carbonyl (C=O) groups is 2. The molecule has 5 nitrogen and oxygen atoms in total. The van der Waals surface area contributed by atoms with Gasteiger partial charge in [0, 0.05) is 6.42 Å². The van der Waals surface area contributed by atoms with Crippen LogP contribution in [0.5, 0.6) is 0 Å². The number of aliphatic hydroxyl groups is 1. The number of ether oxygens (including phenoxy) is 1. The summed E-state index contributed by atoms with van der Waals surface area (Å²) in [7, 11) is 1.29. The Labute approximate surface area is 145 Å². The molecule has 0 bridgehead atoms. The van der Waals surface area contributed by atoms with Gasteiger partial charge in [0.25, 0.3) is 5.92 Å². The number of carboxylic acid groups (broad SMARTS) is 1. The third-order valence-corrected chi connectivity index (χ3v) is 4.40. The number of aliphatic carboxylic acids is 1. The van der Waals surface area contributed by atoms with Gasteiger partial charge in [0.1, 0.15) is 6.61 Å². The van der Waals surface area contributed by atoms with Gasteiger partial charge in [0.15, 0.2) is 0 Å². The van der Waals surface area contributed by atoms with E-state index in [0.29, 0.717) is 12.0 Å². The molecule has 0 aromatic heterocycles. The van der Waals surface area contributed by atoms with E-state index in [-0.39, 0.29) is 12.4 Å². The third kappa shape index (κ3) is 5.49. The van der Waals surface area contributed by atoms with Crippen molar-refractivity contribution >= 4 is 11.9 Å². The minimum Gasteiger partial charge on any atom is -0.481 e. The molecule has 0 amide bonds. The number of aliphatic hydroxyl groups excluding tert-OH is 1. The third-order valence-electron chi connectivity index (χ3n) is 4.40. The number of halogens is 2. The molecule has 2 atom stereocenters. The first kappa shape index (κ1) is 21.0. The maximum Gasteiger partial charge on any atom is 0.313 e.